The number of nitrogens with two attached hydrogens (primary N) is 1. The van der Waals surface area contributed by atoms with Gasteiger partial charge in [0.1, 0.15) is 0 Å². The van der Waals surface area contributed by atoms with Crippen LogP contribution in [0.2, 0.25) is 0 Å². The van der Waals surface area contributed by atoms with E-state index in [1.54, 1.807) is 22.2 Å². The van der Waals surface area contributed by atoms with E-state index in [2.05, 4.69) is 10.4 Å². The van der Waals surface area contributed by atoms with Gasteiger partial charge in [0.25, 0.3) is 5.91 Å². The van der Waals surface area contributed by atoms with E-state index in [9.17, 15) is 9.59 Å². The number of hydrogen-bond donors (Lipinski definition) is 2. The van der Waals surface area contributed by atoms with Crippen molar-refractivity contribution < 1.29 is 9.59 Å². The maximum Gasteiger partial charge on any atom is 0.252 e. The molecule has 2 unspecified atom stereocenters. The van der Waals surface area contributed by atoms with Crippen molar-refractivity contribution in [1.29, 1.82) is 0 Å². The SMILES string of the molecule is CCn1ncc2c(C(=O)NC3CCCCCC3C(N)=O)cc(-c3cccs3)nc21. The minimum absolute atomic E-state index is 0.205. The van der Waals surface area contributed by atoms with Crippen LogP contribution < -0.4 is 11.1 Å². The third-order valence-electron chi connectivity index (χ3n) is 5.62. The molecule has 2 amide bonds. The number of aromatic nitrogens is 3. The molecule has 0 spiro atoms. The Morgan fingerprint density at radius 1 is 1.31 bits per heavy atom. The number of pyridine rings is 1. The molecule has 0 aliphatic heterocycles. The van der Waals surface area contributed by atoms with Gasteiger partial charge in [-0.1, -0.05) is 25.3 Å². The molecule has 1 aliphatic rings. The summed E-state index contributed by atoms with van der Waals surface area (Å²) in [5.74, 6) is -0.868. The number of aryl methyl sites for hydroxylation is 1. The molecular formula is C21H25N5O2S. The smallest absolute Gasteiger partial charge is 0.252 e. The van der Waals surface area contributed by atoms with Crippen molar-refractivity contribution in [1.82, 2.24) is 20.1 Å². The number of rotatable bonds is 5. The molecule has 4 rings (SSSR count). The van der Waals surface area contributed by atoms with Crippen molar-refractivity contribution in [2.75, 3.05) is 0 Å². The Hall–Kier alpha value is -2.74. The summed E-state index contributed by atoms with van der Waals surface area (Å²) in [7, 11) is 0. The molecule has 29 heavy (non-hydrogen) atoms. The lowest BCUT2D eigenvalue weighted by Gasteiger charge is -2.24. The molecule has 3 aromatic heterocycles. The molecule has 1 fully saturated rings. The summed E-state index contributed by atoms with van der Waals surface area (Å²) < 4.78 is 1.79. The normalized spacial score (nSPS) is 19.8. The number of carbonyl (C=O) groups is 2. The number of carbonyl (C=O) groups excluding carboxylic acids is 2. The molecule has 2 atom stereocenters. The van der Waals surface area contributed by atoms with Gasteiger partial charge in [-0.25, -0.2) is 9.67 Å². The largest absolute Gasteiger partial charge is 0.369 e. The highest BCUT2D eigenvalue weighted by atomic mass is 32.1. The van der Waals surface area contributed by atoms with E-state index >= 15 is 0 Å². The summed E-state index contributed by atoms with van der Waals surface area (Å²) >= 11 is 1.58. The third-order valence-corrected chi connectivity index (χ3v) is 6.52. The lowest BCUT2D eigenvalue weighted by atomic mass is 9.93. The number of hydrogen-bond acceptors (Lipinski definition) is 5. The summed E-state index contributed by atoms with van der Waals surface area (Å²) in [6, 6.07) is 5.53. The second-order valence-corrected chi connectivity index (χ2v) is 8.40. The molecular weight excluding hydrogens is 386 g/mol. The molecule has 0 saturated heterocycles. The second kappa shape index (κ2) is 8.32. The van der Waals surface area contributed by atoms with Crippen molar-refractivity contribution in [3.8, 4) is 10.6 Å². The quantitative estimate of drug-likeness (QED) is 0.629. The van der Waals surface area contributed by atoms with Crippen LogP contribution in [0.1, 0.15) is 49.4 Å². The predicted molar refractivity (Wildman–Crippen MR) is 114 cm³/mol. The van der Waals surface area contributed by atoms with E-state index in [0.29, 0.717) is 23.1 Å². The average Bonchev–Trinajstić information content (AvgIpc) is 3.33. The zero-order valence-corrected chi connectivity index (χ0v) is 17.2. The Kier molecular flexibility index (Phi) is 5.62. The molecule has 0 aromatic carbocycles. The van der Waals surface area contributed by atoms with Crippen LogP contribution >= 0.6 is 11.3 Å². The number of fused-ring (bicyclic) bond motifs is 1. The first-order chi connectivity index (χ1) is 14.1. The minimum atomic E-state index is -0.338. The number of nitrogens with zero attached hydrogens (tertiary/aromatic N) is 3. The maximum atomic E-state index is 13.3. The van der Waals surface area contributed by atoms with Crippen LogP contribution in [-0.4, -0.2) is 32.6 Å². The molecule has 0 radical (unpaired) electrons. The predicted octanol–water partition coefficient (Wildman–Crippen LogP) is 3.34. The standard InChI is InChI=1S/C21H25N5O2S/c1-2-26-20-15(12-23-26)14(11-17(24-20)18-9-6-10-29-18)21(28)25-16-8-5-3-4-7-13(16)19(22)27/h6,9-13,16H,2-5,7-8H2,1H3,(H2,22,27)(H,25,28). The fourth-order valence-electron chi connectivity index (χ4n) is 4.08. The van der Waals surface area contributed by atoms with Gasteiger partial charge in [-0.15, -0.1) is 11.3 Å². The Balaban J connectivity index is 1.73. The molecule has 152 valence electrons. The Bertz CT molecular complexity index is 1030. The van der Waals surface area contributed by atoms with Gasteiger partial charge >= 0.3 is 0 Å². The van der Waals surface area contributed by atoms with Crippen molar-refractivity contribution in [2.24, 2.45) is 11.7 Å². The van der Waals surface area contributed by atoms with Crippen molar-refractivity contribution in [3.63, 3.8) is 0 Å². The fraction of sp³-hybridized carbons (Fsp3) is 0.429. The zero-order chi connectivity index (χ0) is 20.4. The molecule has 7 nitrogen and oxygen atoms in total. The van der Waals surface area contributed by atoms with Gasteiger partial charge < -0.3 is 11.1 Å². The summed E-state index contributed by atoms with van der Waals surface area (Å²) in [6.45, 7) is 2.66. The van der Waals surface area contributed by atoms with Crippen LogP contribution in [0.3, 0.4) is 0 Å². The van der Waals surface area contributed by atoms with Crippen LogP contribution in [0.4, 0.5) is 0 Å². The average molecular weight is 412 g/mol. The first-order valence-corrected chi connectivity index (χ1v) is 11.0. The van der Waals surface area contributed by atoms with Gasteiger partial charge in [-0.05, 0) is 37.3 Å². The highest BCUT2D eigenvalue weighted by molar-refractivity contribution is 7.13. The van der Waals surface area contributed by atoms with Crippen molar-refractivity contribution in [3.05, 3.63) is 35.3 Å². The van der Waals surface area contributed by atoms with Crippen LogP contribution in [0, 0.1) is 5.92 Å². The molecule has 0 bridgehead atoms. The summed E-state index contributed by atoms with van der Waals surface area (Å²) in [5, 5.41) is 10.2. The zero-order valence-electron chi connectivity index (χ0n) is 16.4. The van der Waals surface area contributed by atoms with Gasteiger partial charge in [0.15, 0.2) is 5.65 Å². The molecule has 3 aromatic rings. The lowest BCUT2D eigenvalue weighted by Crippen LogP contribution is -2.45. The number of nitrogens with one attached hydrogen (secondary N) is 1. The van der Waals surface area contributed by atoms with Gasteiger partial charge in [-0.3, -0.25) is 9.59 Å². The van der Waals surface area contributed by atoms with Gasteiger partial charge in [-0.2, -0.15) is 5.10 Å². The Labute approximate surface area is 173 Å². The topological polar surface area (TPSA) is 103 Å². The van der Waals surface area contributed by atoms with Crippen LogP contribution in [0.5, 0.6) is 0 Å². The molecule has 1 aliphatic carbocycles. The van der Waals surface area contributed by atoms with E-state index in [-0.39, 0.29) is 23.8 Å². The van der Waals surface area contributed by atoms with Crippen LogP contribution in [-0.2, 0) is 11.3 Å². The van der Waals surface area contributed by atoms with E-state index in [0.717, 1.165) is 42.7 Å². The monoisotopic (exact) mass is 411 g/mol. The minimum Gasteiger partial charge on any atom is -0.369 e. The third kappa shape index (κ3) is 3.89. The fourth-order valence-corrected chi connectivity index (χ4v) is 4.77. The van der Waals surface area contributed by atoms with Gasteiger partial charge in [0.05, 0.1) is 33.6 Å². The number of thiophene rings is 1. The highest BCUT2D eigenvalue weighted by Crippen LogP contribution is 2.29. The van der Waals surface area contributed by atoms with E-state index < -0.39 is 0 Å². The highest BCUT2D eigenvalue weighted by Gasteiger charge is 2.30. The second-order valence-electron chi connectivity index (χ2n) is 7.46. The Morgan fingerprint density at radius 3 is 2.86 bits per heavy atom. The maximum absolute atomic E-state index is 13.3. The molecule has 3 heterocycles. The van der Waals surface area contributed by atoms with Crippen LogP contribution in [0.25, 0.3) is 21.6 Å². The first kappa shape index (κ1) is 19.6. The first-order valence-electron chi connectivity index (χ1n) is 10.1. The van der Waals surface area contributed by atoms with Crippen LogP contribution in [0.15, 0.2) is 29.8 Å². The van der Waals surface area contributed by atoms with Crippen molar-refractivity contribution in [2.45, 2.75) is 51.6 Å². The van der Waals surface area contributed by atoms with Gasteiger partial charge in [0, 0.05) is 12.6 Å². The summed E-state index contributed by atoms with van der Waals surface area (Å²) in [4.78, 5) is 31.0. The van der Waals surface area contributed by atoms with E-state index in [4.69, 9.17) is 10.7 Å². The van der Waals surface area contributed by atoms with E-state index in [1.165, 1.54) is 0 Å². The summed E-state index contributed by atoms with van der Waals surface area (Å²) in [6.07, 6.45) is 6.18. The van der Waals surface area contributed by atoms with Gasteiger partial charge in [0.2, 0.25) is 5.91 Å². The molecule has 8 heteroatoms. The van der Waals surface area contributed by atoms with Crippen molar-refractivity contribution >= 4 is 34.2 Å². The summed E-state index contributed by atoms with van der Waals surface area (Å²) in [5.41, 5.74) is 7.60. The lowest BCUT2D eigenvalue weighted by molar-refractivity contribution is -0.122. The number of amides is 2. The Morgan fingerprint density at radius 2 is 2.14 bits per heavy atom. The molecule has 1 saturated carbocycles. The van der Waals surface area contributed by atoms with E-state index in [1.807, 2.05) is 30.5 Å². The number of primary amides is 1. The molecule has 3 N–H and O–H groups in total.